The Morgan fingerprint density at radius 1 is 1.38 bits per heavy atom. The zero-order chi connectivity index (χ0) is 18.8. The summed E-state index contributed by atoms with van der Waals surface area (Å²) in [5, 5.41) is 6.94. The molecule has 3 aromatic rings. The zero-order valence-corrected chi connectivity index (χ0v) is 15.5. The topological polar surface area (TPSA) is 103 Å². The Labute approximate surface area is 155 Å². The molecule has 0 aromatic carbocycles. The second-order valence-electron chi connectivity index (χ2n) is 5.80. The summed E-state index contributed by atoms with van der Waals surface area (Å²) in [6, 6.07) is 3.27. The molecular formula is C16H14BrFN6O2. The van der Waals surface area contributed by atoms with Crippen LogP contribution >= 0.6 is 15.9 Å². The summed E-state index contributed by atoms with van der Waals surface area (Å²) in [7, 11) is 0. The molecule has 0 fully saturated rings. The van der Waals surface area contributed by atoms with Crippen LogP contribution in [0.2, 0.25) is 0 Å². The quantitative estimate of drug-likeness (QED) is 0.649. The minimum Gasteiger partial charge on any atom is -0.307 e. The maximum atomic E-state index is 13.5. The second kappa shape index (κ2) is 7.24. The largest absolute Gasteiger partial charge is 0.307 e. The number of fused-ring (bicyclic) bond motifs is 1. The van der Waals surface area contributed by atoms with E-state index >= 15 is 0 Å². The molecule has 10 heteroatoms. The Hall–Kier alpha value is -2.75. The number of aromatic nitrogens is 5. The molecule has 26 heavy (non-hydrogen) atoms. The van der Waals surface area contributed by atoms with Crippen LogP contribution in [0.5, 0.6) is 0 Å². The van der Waals surface area contributed by atoms with Crippen molar-refractivity contribution in [3.05, 3.63) is 51.1 Å². The van der Waals surface area contributed by atoms with E-state index in [1.165, 1.54) is 0 Å². The van der Waals surface area contributed by atoms with E-state index in [-0.39, 0.29) is 18.3 Å². The zero-order valence-electron chi connectivity index (χ0n) is 13.9. The normalized spacial score (nSPS) is 11.1. The Kier molecular flexibility index (Phi) is 5.03. The molecule has 0 saturated carbocycles. The molecule has 0 bridgehead atoms. The number of hydrogen-bond acceptors (Lipinski definition) is 6. The fourth-order valence-electron chi connectivity index (χ4n) is 2.37. The van der Waals surface area contributed by atoms with Crippen LogP contribution < -0.4 is 10.9 Å². The van der Waals surface area contributed by atoms with Crippen molar-refractivity contribution in [1.82, 2.24) is 24.7 Å². The van der Waals surface area contributed by atoms with Crippen LogP contribution in [0.25, 0.3) is 10.9 Å². The van der Waals surface area contributed by atoms with Gasteiger partial charge in [0.05, 0.1) is 17.3 Å². The number of halogens is 2. The fourth-order valence-corrected chi connectivity index (χ4v) is 2.68. The van der Waals surface area contributed by atoms with Gasteiger partial charge in [-0.15, -0.1) is 0 Å². The third-order valence-corrected chi connectivity index (χ3v) is 4.00. The number of anilines is 1. The number of carbonyl (C=O) groups is 1. The molecule has 3 rings (SSSR count). The molecule has 0 aliphatic heterocycles. The van der Waals surface area contributed by atoms with Gasteiger partial charge in [-0.3, -0.25) is 9.59 Å². The van der Waals surface area contributed by atoms with E-state index in [9.17, 15) is 14.0 Å². The monoisotopic (exact) mass is 420 g/mol. The first-order chi connectivity index (χ1) is 12.4. The van der Waals surface area contributed by atoms with E-state index < -0.39 is 17.3 Å². The Morgan fingerprint density at radius 2 is 2.15 bits per heavy atom. The van der Waals surface area contributed by atoms with Gasteiger partial charge in [-0.05, 0) is 34.0 Å². The number of nitrogens with one attached hydrogen (secondary N) is 1. The summed E-state index contributed by atoms with van der Waals surface area (Å²) in [6.07, 6.45) is 2.04. The molecule has 134 valence electrons. The first-order valence-corrected chi connectivity index (χ1v) is 8.48. The van der Waals surface area contributed by atoms with Gasteiger partial charge in [0.25, 0.3) is 5.56 Å². The van der Waals surface area contributed by atoms with Crippen LogP contribution in [0.3, 0.4) is 0 Å². The molecule has 0 aliphatic carbocycles. The minimum absolute atomic E-state index is 0.0199. The molecule has 1 amide bonds. The molecule has 0 spiro atoms. The van der Waals surface area contributed by atoms with E-state index in [0.717, 1.165) is 17.2 Å². The molecule has 0 unspecified atom stereocenters. The summed E-state index contributed by atoms with van der Waals surface area (Å²) in [6.45, 7) is 3.44. The molecule has 0 atom stereocenters. The highest BCUT2D eigenvalue weighted by Crippen LogP contribution is 2.21. The molecule has 0 aliphatic rings. The predicted molar refractivity (Wildman–Crippen MR) is 96.2 cm³/mol. The summed E-state index contributed by atoms with van der Waals surface area (Å²) >= 11 is 3.28. The average molecular weight is 421 g/mol. The van der Waals surface area contributed by atoms with E-state index in [4.69, 9.17) is 0 Å². The van der Waals surface area contributed by atoms with Crippen molar-refractivity contribution in [2.75, 3.05) is 5.32 Å². The Bertz CT molecular complexity index is 1050. The third kappa shape index (κ3) is 3.59. The van der Waals surface area contributed by atoms with Gasteiger partial charge in [0.15, 0.2) is 11.6 Å². The lowest BCUT2D eigenvalue weighted by Crippen LogP contribution is -2.31. The van der Waals surface area contributed by atoms with E-state index in [1.54, 1.807) is 12.1 Å². The van der Waals surface area contributed by atoms with Gasteiger partial charge < -0.3 is 5.32 Å². The lowest BCUT2D eigenvalue weighted by Gasteiger charge is -2.12. The van der Waals surface area contributed by atoms with Crippen LogP contribution in [0.4, 0.5) is 10.2 Å². The lowest BCUT2D eigenvalue weighted by atomic mass is 10.1. The number of carbonyl (C=O) groups excluding carboxylic acids is 1. The van der Waals surface area contributed by atoms with Gasteiger partial charge in [0.1, 0.15) is 23.0 Å². The van der Waals surface area contributed by atoms with Gasteiger partial charge >= 0.3 is 0 Å². The highest BCUT2D eigenvalue weighted by Gasteiger charge is 2.17. The highest BCUT2D eigenvalue weighted by molar-refractivity contribution is 9.10. The maximum Gasteiger partial charge on any atom is 0.276 e. The molecule has 0 radical (unpaired) electrons. The van der Waals surface area contributed by atoms with Crippen molar-refractivity contribution < 1.29 is 9.18 Å². The van der Waals surface area contributed by atoms with Crippen molar-refractivity contribution in [3.63, 3.8) is 0 Å². The molecular weight excluding hydrogens is 407 g/mol. The first kappa shape index (κ1) is 18.1. The lowest BCUT2D eigenvalue weighted by molar-refractivity contribution is -0.117. The number of hydrogen-bond donors (Lipinski definition) is 1. The standard InChI is InChI=1S/C16H14BrFN6O2/c1-8(2)13-14-9(3-4-11(17)21-14)16(26)24(23-13)6-12(25)22-15-10(18)5-19-7-20-15/h3-5,7-8H,6H2,1-2H3,(H,19,20,22,25). The molecule has 1 N–H and O–H groups in total. The van der Waals surface area contributed by atoms with Gasteiger partial charge in [-0.1, -0.05) is 13.8 Å². The van der Waals surface area contributed by atoms with Crippen LogP contribution in [0.15, 0.2) is 34.1 Å². The van der Waals surface area contributed by atoms with E-state index in [2.05, 4.69) is 41.3 Å². The number of rotatable bonds is 4. The number of nitrogens with zero attached hydrogens (tertiary/aromatic N) is 5. The summed E-state index contributed by atoms with van der Waals surface area (Å²) in [5.74, 6) is -1.67. The SMILES string of the molecule is CC(C)c1nn(CC(=O)Nc2ncncc2F)c(=O)c2ccc(Br)nc12. The van der Waals surface area contributed by atoms with Crippen molar-refractivity contribution in [2.24, 2.45) is 0 Å². The van der Waals surface area contributed by atoms with Crippen molar-refractivity contribution in [1.29, 1.82) is 0 Å². The van der Waals surface area contributed by atoms with E-state index in [1.807, 2.05) is 13.8 Å². The second-order valence-corrected chi connectivity index (χ2v) is 6.61. The highest BCUT2D eigenvalue weighted by atomic mass is 79.9. The molecule has 8 nitrogen and oxygen atoms in total. The van der Waals surface area contributed by atoms with Crippen molar-refractivity contribution in [2.45, 2.75) is 26.3 Å². The average Bonchev–Trinajstić information content (AvgIpc) is 2.59. The fraction of sp³-hybridized carbons (Fsp3) is 0.250. The van der Waals surface area contributed by atoms with Gasteiger partial charge in [-0.2, -0.15) is 5.10 Å². The molecule has 3 heterocycles. The predicted octanol–water partition coefficient (Wildman–Crippen LogP) is 2.25. The van der Waals surface area contributed by atoms with Gasteiger partial charge in [0.2, 0.25) is 5.91 Å². The van der Waals surface area contributed by atoms with Crippen molar-refractivity contribution in [3.8, 4) is 0 Å². The van der Waals surface area contributed by atoms with E-state index in [0.29, 0.717) is 21.2 Å². The summed E-state index contributed by atoms with van der Waals surface area (Å²) in [4.78, 5) is 36.3. The van der Waals surface area contributed by atoms with Crippen LogP contribution in [0, 0.1) is 5.82 Å². The smallest absolute Gasteiger partial charge is 0.276 e. The minimum atomic E-state index is -0.767. The van der Waals surface area contributed by atoms with Crippen LogP contribution in [0.1, 0.15) is 25.5 Å². The summed E-state index contributed by atoms with van der Waals surface area (Å²) in [5.41, 5.74) is 0.613. The van der Waals surface area contributed by atoms with Crippen LogP contribution in [-0.2, 0) is 11.3 Å². The molecule has 0 saturated heterocycles. The number of pyridine rings is 1. The maximum absolute atomic E-state index is 13.5. The Balaban J connectivity index is 1.99. The Morgan fingerprint density at radius 3 is 2.85 bits per heavy atom. The molecule has 3 aromatic heterocycles. The van der Waals surface area contributed by atoms with Crippen molar-refractivity contribution >= 4 is 38.6 Å². The first-order valence-electron chi connectivity index (χ1n) is 7.69. The third-order valence-electron chi connectivity index (χ3n) is 3.56. The van der Waals surface area contributed by atoms with Crippen LogP contribution in [-0.4, -0.2) is 30.6 Å². The van der Waals surface area contributed by atoms with Gasteiger partial charge in [-0.25, -0.2) is 24.0 Å². The summed E-state index contributed by atoms with van der Waals surface area (Å²) < 4.78 is 15.2. The van der Waals surface area contributed by atoms with Gasteiger partial charge in [0, 0.05) is 0 Å². The number of amides is 1.